The predicted octanol–water partition coefficient (Wildman–Crippen LogP) is 2.89. The molecular weight excluding hydrogens is 386 g/mol. The van der Waals surface area contributed by atoms with Gasteiger partial charge in [0.25, 0.3) is 0 Å². The van der Waals surface area contributed by atoms with Crippen LogP contribution in [0, 0.1) is 6.92 Å². The third-order valence-corrected chi connectivity index (χ3v) is 7.55. The van der Waals surface area contributed by atoms with E-state index in [1.165, 1.54) is 4.31 Å². The summed E-state index contributed by atoms with van der Waals surface area (Å²) in [4.78, 5) is 14.8. The number of benzene rings is 2. The number of nitrogens with zero attached hydrogens (tertiary/aromatic N) is 2. The molecule has 1 fully saturated rings. The van der Waals surface area contributed by atoms with Gasteiger partial charge in [0.2, 0.25) is 15.9 Å². The van der Waals surface area contributed by atoms with Crippen molar-refractivity contribution in [1.82, 2.24) is 9.21 Å². The zero-order valence-corrected chi connectivity index (χ0v) is 18.1. The van der Waals surface area contributed by atoms with E-state index in [1.54, 1.807) is 31.3 Å². The molecule has 29 heavy (non-hydrogen) atoms. The molecule has 1 saturated heterocycles. The van der Waals surface area contributed by atoms with Crippen LogP contribution in [-0.4, -0.2) is 56.8 Å². The zero-order valence-electron chi connectivity index (χ0n) is 17.3. The Morgan fingerprint density at radius 1 is 1.10 bits per heavy atom. The fraction of sp³-hybridized carbons (Fsp3) is 0.409. The van der Waals surface area contributed by atoms with Gasteiger partial charge in [-0.05, 0) is 75.3 Å². The van der Waals surface area contributed by atoms with Crippen molar-refractivity contribution in [1.29, 1.82) is 0 Å². The molecule has 0 atom stereocenters. The molecule has 0 bridgehead atoms. The molecular formula is C22H29N3O3S. The van der Waals surface area contributed by atoms with Crippen LogP contribution < -0.4 is 5.32 Å². The summed E-state index contributed by atoms with van der Waals surface area (Å²) < 4.78 is 27.4. The third-order valence-electron chi connectivity index (χ3n) is 5.63. The molecule has 0 saturated carbocycles. The van der Waals surface area contributed by atoms with Crippen molar-refractivity contribution in [3.05, 3.63) is 59.7 Å². The van der Waals surface area contributed by atoms with Crippen molar-refractivity contribution in [3.63, 3.8) is 0 Å². The summed E-state index contributed by atoms with van der Waals surface area (Å²) in [5.41, 5.74) is 2.63. The quantitative estimate of drug-likeness (QED) is 0.788. The molecule has 1 heterocycles. The number of hydrogen-bond donors (Lipinski definition) is 1. The van der Waals surface area contributed by atoms with Gasteiger partial charge in [-0.3, -0.25) is 4.79 Å². The number of nitrogens with one attached hydrogen (secondary N) is 1. The molecule has 2 aromatic rings. The normalized spacial score (nSPS) is 16.1. The van der Waals surface area contributed by atoms with E-state index in [0.29, 0.717) is 5.69 Å². The van der Waals surface area contributed by atoms with Gasteiger partial charge in [-0.1, -0.05) is 24.3 Å². The second-order valence-corrected chi connectivity index (χ2v) is 9.73. The first-order valence-electron chi connectivity index (χ1n) is 9.88. The van der Waals surface area contributed by atoms with E-state index in [0.717, 1.165) is 37.1 Å². The lowest BCUT2D eigenvalue weighted by atomic mass is 10.1. The van der Waals surface area contributed by atoms with Crippen LogP contribution in [-0.2, 0) is 21.2 Å². The third kappa shape index (κ3) is 5.23. The average Bonchev–Trinajstić information content (AvgIpc) is 2.70. The summed E-state index contributed by atoms with van der Waals surface area (Å²) >= 11 is 0. The van der Waals surface area contributed by atoms with Gasteiger partial charge in [-0.2, -0.15) is 4.31 Å². The smallest absolute Gasteiger partial charge is 0.243 e. The molecule has 3 rings (SSSR count). The van der Waals surface area contributed by atoms with Crippen molar-refractivity contribution >= 4 is 21.6 Å². The molecule has 156 valence electrons. The van der Waals surface area contributed by atoms with E-state index in [2.05, 4.69) is 17.3 Å². The van der Waals surface area contributed by atoms with Crippen LogP contribution in [0.4, 0.5) is 5.69 Å². The molecule has 6 nitrogen and oxygen atoms in total. The average molecular weight is 416 g/mol. The number of anilines is 1. The molecule has 1 N–H and O–H groups in total. The first-order chi connectivity index (χ1) is 13.8. The number of rotatable bonds is 6. The highest BCUT2D eigenvalue weighted by Crippen LogP contribution is 2.23. The molecule has 1 amide bonds. The van der Waals surface area contributed by atoms with Gasteiger partial charge in [-0.15, -0.1) is 0 Å². The van der Waals surface area contributed by atoms with E-state index in [9.17, 15) is 13.2 Å². The molecule has 7 heteroatoms. The maximum atomic E-state index is 13.0. The number of aryl methyl sites for hydroxylation is 1. The van der Waals surface area contributed by atoms with Crippen LogP contribution in [0.25, 0.3) is 0 Å². The second kappa shape index (κ2) is 9.07. The summed E-state index contributed by atoms with van der Waals surface area (Å²) in [5, 5.41) is 2.84. The number of carbonyl (C=O) groups is 1. The van der Waals surface area contributed by atoms with Crippen molar-refractivity contribution in [2.45, 2.75) is 37.1 Å². The molecule has 0 aliphatic carbocycles. The maximum absolute atomic E-state index is 13.0. The van der Waals surface area contributed by atoms with Crippen molar-refractivity contribution in [3.8, 4) is 0 Å². The topological polar surface area (TPSA) is 69.7 Å². The van der Waals surface area contributed by atoms with Crippen LogP contribution in [0.15, 0.2) is 53.4 Å². The Balaban J connectivity index is 1.64. The zero-order chi connectivity index (χ0) is 21.0. The summed E-state index contributed by atoms with van der Waals surface area (Å²) in [5.74, 6) is -0.127. The Morgan fingerprint density at radius 2 is 1.72 bits per heavy atom. The van der Waals surface area contributed by atoms with Gasteiger partial charge < -0.3 is 10.2 Å². The Morgan fingerprint density at radius 3 is 2.34 bits per heavy atom. The van der Waals surface area contributed by atoms with Gasteiger partial charge in [-0.25, -0.2) is 8.42 Å². The Kier molecular flexibility index (Phi) is 6.72. The van der Waals surface area contributed by atoms with Gasteiger partial charge >= 0.3 is 0 Å². The fourth-order valence-electron chi connectivity index (χ4n) is 3.62. The van der Waals surface area contributed by atoms with E-state index in [1.807, 2.05) is 31.2 Å². The minimum absolute atomic E-state index is 0.0182. The first-order valence-corrected chi connectivity index (χ1v) is 11.3. The summed E-state index contributed by atoms with van der Waals surface area (Å²) in [6.07, 6.45) is 1.95. The molecule has 2 aromatic carbocycles. The second-order valence-electron chi connectivity index (χ2n) is 7.73. The van der Waals surface area contributed by atoms with Gasteiger partial charge in [0.05, 0.1) is 11.3 Å². The molecule has 0 unspecified atom stereocenters. The Labute approximate surface area is 173 Å². The lowest BCUT2D eigenvalue weighted by molar-refractivity contribution is -0.115. The SMILES string of the molecule is Cc1ccccc1CC(=O)Nc1ccc(S(=O)(=O)N(C)C2CCN(C)CC2)cc1. The largest absolute Gasteiger partial charge is 0.326 e. The highest BCUT2D eigenvalue weighted by atomic mass is 32.2. The highest BCUT2D eigenvalue weighted by Gasteiger charge is 2.30. The van der Waals surface area contributed by atoms with Crippen molar-refractivity contribution < 1.29 is 13.2 Å². The predicted molar refractivity (Wildman–Crippen MR) is 115 cm³/mol. The van der Waals surface area contributed by atoms with Gasteiger partial charge in [0.15, 0.2) is 0 Å². The minimum Gasteiger partial charge on any atom is -0.326 e. The molecule has 1 aliphatic heterocycles. The number of amides is 1. The molecule has 0 radical (unpaired) electrons. The van der Waals surface area contributed by atoms with Crippen LogP contribution in [0.2, 0.25) is 0 Å². The van der Waals surface area contributed by atoms with Crippen molar-refractivity contribution in [2.24, 2.45) is 0 Å². The lowest BCUT2D eigenvalue weighted by Crippen LogP contribution is -2.44. The Hall–Kier alpha value is -2.22. The van der Waals surface area contributed by atoms with Crippen LogP contribution in [0.1, 0.15) is 24.0 Å². The maximum Gasteiger partial charge on any atom is 0.243 e. The summed E-state index contributed by atoms with van der Waals surface area (Å²) in [6, 6.07) is 14.2. The molecule has 0 aromatic heterocycles. The van der Waals surface area contributed by atoms with Gasteiger partial charge in [0, 0.05) is 18.8 Å². The number of likely N-dealkylation sites (tertiary alicyclic amines) is 1. The minimum atomic E-state index is -3.55. The fourth-order valence-corrected chi connectivity index (χ4v) is 5.03. The number of carbonyl (C=O) groups excluding carboxylic acids is 1. The van der Waals surface area contributed by atoms with E-state index >= 15 is 0 Å². The van der Waals surface area contributed by atoms with E-state index < -0.39 is 10.0 Å². The van der Waals surface area contributed by atoms with Crippen LogP contribution in [0.5, 0.6) is 0 Å². The molecule has 0 spiro atoms. The number of sulfonamides is 1. The van der Waals surface area contributed by atoms with E-state index in [4.69, 9.17) is 0 Å². The lowest BCUT2D eigenvalue weighted by Gasteiger charge is -2.34. The Bertz CT molecular complexity index is 950. The number of hydrogen-bond acceptors (Lipinski definition) is 4. The first kappa shape index (κ1) is 21.5. The molecule has 1 aliphatic rings. The monoisotopic (exact) mass is 415 g/mol. The highest BCUT2D eigenvalue weighted by molar-refractivity contribution is 7.89. The summed E-state index contributed by atoms with van der Waals surface area (Å²) in [6.45, 7) is 3.77. The van der Waals surface area contributed by atoms with Crippen LogP contribution in [0.3, 0.4) is 0 Å². The van der Waals surface area contributed by atoms with Gasteiger partial charge in [0.1, 0.15) is 0 Å². The van der Waals surface area contributed by atoms with E-state index in [-0.39, 0.29) is 23.3 Å². The summed E-state index contributed by atoms with van der Waals surface area (Å²) in [7, 11) is 0.155. The van der Waals surface area contributed by atoms with Crippen LogP contribution >= 0.6 is 0 Å². The van der Waals surface area contributed by atoms with Crippen molar-refractivity contribution in [2.75, 3.05) is 32.5 Å². The number of piperidine rings is 1. The standard InChI is InChI=1S/C22H29N3O3S/c1-17-6-4-5-7-18(17)16-22(26)23-19-8-10-21(11-9-19)29(27,28)25(3)20-12-14-24(2)15-13-20/h4-11,20H,12-16H2,1-3H3,(H,23,26).